The largest absolute Gasteiger partial charge is 0.416 e. The maximum absolute atomic E-state index is 13.9. The van der Waals surface area contributed by atoms with E-state index in [0.29, 0.717) is 5.56 Å². The van der Waals surface area contributed by atoms with Gasteiger partial charge in [-0.05, 0) is 67.4 Å². The minimum Gasteiger partial charge on any atom is -0.345 e. The van der Waals surface area contributed by atoms with Crippen LogP contribution in [0.25, 0.3) is 5.69 Å². The summed E-state index contributed by atoms with van der Waals surface area (Å²) in [6.07, 6.45) is -4.59. The summed E-state index contributed by atoms with van der Waals surface area (Å²) in [6, 6.07) is 15.4. The Kier molecular flexibility index (Phi) is 8.34. The van der Waals surface area contributed by atoms with Crippen molar-refractivity contribution in [2.24, 2.45) is 0 Å². The molecule has 0 aliphatic rings. The summed E-state index contributed by atoms with van der Waals surface area (Å²) in [4.78, 5) is 25.2. The van der Waals surface area contributed by atoms with Crippen LogP contribution in [0.1, 0.15) is 32.9 Å². The highest BCUT2D eigenvalue weighted by molar-refractivity contribution is 7.99. The third kappa shape index (κ3) is 6.82. The smallest absolute Gasteiger partial charge is 0.345 e. The molecule has 0 atom stereocenters. The quantitative estimate of drug-likeness (QED) is 0.214. The molecular weight excluding hydrogens is 534 g/mol. The maximum atomic E-state index is 13.9. The number of hydrogen-bond donors (Lipinski definition) is 2. The van der Waals surface area contributed by atoms with Gasteiger partial charge in [-0.15, -0.1) is 10.2 Å². The molecule has 0 saturated carbocycles. The molecule has 12 heteroatoms. The molecule has 2 N–H and O–H groups in total. The molecule has 4 rings (SSSR count). The Morgan fingerprint density at radius 2 is 1.72 bits per heavy atom. The van der Waals surface area contributed by atoms with Crippen LogP contribution in [0.4, 0.5) is 23.2 Å². The SMILES string of the molecule is Cc1ccc(C(=O)NCc2nnc(SCC(=O)Nc3ccccc3F)n2-c2cccc(C(F)(F)F)c2)cc1C. The number of rotatable bonds is 8. The molecule has 0 unspecified atom stereocenters. The van der Waals surface area contributed by atoms with Crippen LogP contribution in [0.15, 0.2) is 71.9 Å². The van der Waals surface area contributed by atoms with Gasteiger partial charge in [-0.1, -0.05) is 36.0 Å². The predicted molar refractivity (Wildman–Crippen MR) is 139 cm³/mol. The average Bonchev–Trinajstić information content (AvgIpc) is 3.31. The van der Waals surface area contributed by atoms with Crippen LogP contribution in [0.3, 0.4) is 0 Å². The molecule has 0 aliphatic carbocycles. The number of nitrogens with one attached hydrogen (secondary N) is 2. The van der Waals surface area contributed by atoms with Crippen molar-refractivity contribution in [1.82, 2.24) is 20.1 Å². The van der Waals surface area contributed by atoms with Gasteiger partial charge in [-0.2, -0.15) is 13.2 Å². The fourth-order valence-corrected chi connectivity index (χ4v) is 4.38. The molecule has 0 aliphatic heterocycles. The molecule has 1 heterocycles. The number of halogens is 4. The van der Waals surface area contributed by atoms with Gasteiger partial charge >= 0.3 is 6.18 Å². The van der Waals surface area contributed by atoms with E-state index in [4.69, 9.17) is 0 Å². The fraction of sp³-hybridized carbons (Fsp3) is 0.185. The molecular formula is C27H23F4N5O2S. The van der Waals surface area contributed by atoms with E-state index in [-0.39, 0.29) is 34.7 Å². The highest BCUT2D eigenvalue weighted by atomic mass is 32.2. The van der Waals surface area contributed by atoms with Gasteiger partial charge in [-0.25, -0.2) is 4.39 Å². The number of carbonyl (C=O) groups is 2. The molecule has 202 valence electrons. The van der Waals surface area contributed by atoms with E-state index < -0.39 is 29.4 Å². The van der Waals surface area contributed by atoms with Gasteiger partial charge in [0.05, 0.1) is 29.2 Å². The Morgan fingerprint density at radius 1 is 0.949 bits per heavy atom. The number of amides is 2. The molecule has 2 amide bonds. The lowest BCUT2D eigenvalue weighted by molar-refractivity contribution is -0.137. The normalized spacial score (nSPS) is 11.3. The zero-order chi connectivity index (χ0) is 28.2. The van der Waals surface area contributed by atoms with Crippen LogP contribution < -0.4 is 10.6 Å². The van der Waals surface area contributed by atoms with Crippen LogP contribution in [-0.2, 0) is 17.5 Å². The molecule has 3 aromatic carbocycles. The van der Waals surface area contributed by atoms with Gasteiger partial charge in [0, 0.05) is 5.56 Å². The van der Waals surface area contributed by atoms with E-state index >= 15 is 0 Å². The number of aryl methyl sites for hydroxylation is 2. The molecule has 1 aromatic heterocycles. The summed E-state index contributed by atoms with van der Waals surface area (Å²) in [6.45, 7) is 3.66. The lowest BCUT2D eigenvalue weighted by Gasteiger charge is -2.14. The number of para-hydroxylation sites is 1. The molecule has 39 heavy (non-hydrogen) atoms. The van der Waals surface area contributed by atoms with Crippen molar-refractivity contribution in [2.75, 3.05) is 11.1 Å². The minimum atomic E-state index is -4.59. The Morgan fingerprint density at radius 3 is 2.44 bits per heavy atom. The summed E-state index contributed by atoms with van der Waals surface area (Å²) in [5, 5.41) is 13.4. The first-order valence-electron chi connectivity index (χ1n) is 11.7. The van der Waals surface area contributed by atoms with Crippen molar-refractivity contribution in [3.63, 3.8) is 0 Å². The Hall–Kier alpha value is -4.19. The second-order valence-electron chi connectivity index (χ2n) is 8.58. The van der Waals surface area contributed by atoms with Crippen molar-refractivity contribution in [3.8, 4) is 5.69 Å². The number of benzene rings is 3. The summed E-state index contributed by atoms with van der Waals surface area (Å²) < 4.78 is 55.5. The molecule has 0 saturated heterocycles. The van der Waals surface area contributed by atoms with Crippen molar-refractivity contribution in [1.29, 1.82) is 0 Å². The summed E-state index contributed by atoms with van der Waals surface area (Å²) >= 11 is 0.904. The Labute approximate surface area is 225 Å². The van der Waals surface area contributed by atoms with E-state index in [1.165, 1.54) is 34.9 Å². The Balaban J connectivity index is 1.58. The van der Waals surface area contributed by atoms with E-state index in [2.05, 4.69) is 20.8 Å². The molecule has 0 radical (unpaired) electrons. The van der Waals surface area contributed by atoms with E-state index in [9.17, 15) is 27.2 Å². The van der Waals surface area contributed by atoms with Crippen molar-refractivity contribution in [3.05, 3.63) is 101 Å². The van der Waals surface area contributed by atoms with Gasteiger partial charge in [0.2, 0.25) is 5.91 Å². The van der Waals surface area contributed by atoms with Crippen LogP contribution in [0, 0.1) is 19.7 Å². The van der Waals surface area contributed by atoms with E-state index in [0.717, 1.165) is 35.0 Å². The summed E-state index contributed by atoms with van der Waals surface area (Å²) in [5.74, 6) is -1.61. The van der Waals surface area contributed by atoms with Gasteiger partial charge in [0.15, 0.2) is 11.0 Å². The average molecular weight is 558 g/mol. The minimum absolute atomic E-state index is 0.00260. The lowest BCUT2D eigenvalue weighted by Crippen LogP contribution is -2.25. The van der Waals surface area contributed by atoms with Crippen molar-refractivity contribution >= 4 is 29.3 Å². The number of aromatic nitrogens is 3. The lowest BCUT2D eigenvalue weighted by atomic mass is 10.1. The highest BCUT2D eigenvalue weighted by Crippen LogP contribution is 2.32. The molecule has 0 spiro atoms. The molecule has 4 aromatic rings. The standard InChI is InChI=1S/C27H23F4N5O2S/c1-16-10-11-18(12-17(16)2)25(38)32-14-23-34-35-26(36(23)20-7-5-6-19(13-20)27(29,30)31)39-15-24(37)33-22-9-4-3-8-21(22)28/h3-13H,14-15H2,1-2H3,(H,32,38)(H,33,37). The topological polar surface area (TPSA) is 88.9 Å². The van der Waals surface area contributed by atoms with E-state index in [1.54, 1.807) is 18.2 Å². The zero-order valence-electron chi connectivity index (χ0n) is 20.8. The predicted octanol–water partition coefficient (Wildman–Crippen LogP) is 5.70. The third-order valence-corrected chi connectivity index (χ3v) is 6.72. The van der Waals surface area contributed by atoms with Crippen molar-refractivity contribution in [2.45, 2.75) is 31.7 Å². The van der Waals surface area contributed by atoms with Crippen LogP contribution >= 0.6 is 11.8 Å². The zero-order valence-corrected chi connectivity index (χ0v) is 21.7. The maximum Gasteiger partial charge on any atom is 0.416 e. The number of carbonyl (C=O) groups excluding carboxylic acids is 2. The van der Waals surface area contributed by atoms with Gasteiger partial charge < -0.3 is 10.6 Å². The summed E-state index contributed by atoms with van der Waals surface area (Å²) in [5.41, 5.74) is 1.59. The number of nitrogens with zero attached hydrogens (tertiary/aromatic N) is 3. The fourth-order valence-electron chi connectivity index (χ4n) is 3.61. The van der Waals surface area contributed by atoms with Gasteiger partial charge in [0.25, 0.3) is 5.91 Å². The number of alkyl halides is 3. The highest BCUT2D eigenvalue weighted by Gasteiger charge is 2.31. The van der Waals surface area contributed by atoms with Crippen LogP contribution in [0.5, 0.6) is 0 Å². The second-order valence-corrected chi connectivity index (χ2v) is 9.52. The molecule has 0 bridgehead atoms. The van der Waals surface area contributed by atoms with Gasteiger partial charge in [-0.3, -0.25) is 14.2 Å². The van der Waals surface area contributed by atoms with Gasteiger partial charge in [0.1, 0.15) is 5.82 Å². The first-order chi connectivity index (χ1) is 18.5. The number of thioether (sulfide) groups is 1. The molecule has 7 nitrogen and oxygen atoms in total. The van der Waals surface area contributed by atoms with E-state index in [1.807, 2.05) is 19.9 Å². The monoisotopic (exact) mass is 557 g/mol. The summed E-state index contributed by atoms with van der Waals surface area (Å²) in [7, 11) is 0. The Bertz CT molecular complexity index is 1520. The van der Waals surface area contributed by atoms with Crippen LogP contribution in [0.2, 0.25) is 0 Å². The van der Waals surface area contributed by atoms with Crippen molar-refractivity contribution < 1.29 is 27.2 Å². The number of anilines is 1. The first-order valence-corrected chi connectivity index (χ1v) is 12.7. The first kappa shape index (κ1) is 27.8. The second kappa shape index (κ2) is 11.7. The number of hydrogen-bond acceptors (Lipinski definition) is 5. The molecule has 0 fully saturated rings. The van der Waals surface area contributed by atoms with Crippen LogP contribution in [-0.4, -0.2) is 32.3 Å². The third-order valence-electron chi connectivity index (χ3n) is 5.79.